The van der Waals surface area contributed by atoms with E-state index in [0.29, 0.717) is 28.4 Å². The Morgan fingerprint density at radius 2 is 1.88 bits per heavy atom. The molecule has 1 aliphatic heterocycles. The molecule has 0 saturated carbocycles. The molecule has 3 aromatic carbocycles. The third-order valence-electron chi connectivity index (χ3n) is 8.59. The molecule has 0 unspecified atom stereocenters. The molecule has 0 spiro atoms. The van der Waals surface area contributed by atoms with Crippen LogP contribution in [0.15, 0.2) is 92.9 Å². The Hall–Kier alpha value is -5.57. The fraction of sp³-hybridized carbons (Fsp3) is 0.200. The van der Waals surface area contributed by atoms with Gasteiger partial charge in [-0.15, -0.1) is 0 Å². The Morgan fingerprint density at radius 3 is 2.64 bits per heavy atom. The van der Waals surface area contributed by atoms with E-state index < -0.39 is 35.3 Å². The molecule has 15 heteroatoms. The van der Waals surface area contributed by atoms with E-state index in [2.05, 4.69) is 36.2 Å². The molecule has 0 fully saturated rings. The number of amides is 2. The van der Waals surface area contributed by atoms with Crippen LogP contribution in [0.2, 0.25) is 0 Å². The maximum atomic E-state index is 14.3. The molecule has 4 heterocycles. The largest absolute Gasteiger partial charge is 0.441 e. The second-order valence-electron chi connectivity index (χ2n) is 11.8. The first-order valence-electron chi connectivity index (χ1n) is 15.4. The molecule has 1 aliphatic rings. The van der Waals surface area contributed by atoms with Crippen molar-refractivity contribution in [1.82, 2.24) is 34.3 Å². The summed E-state index contributed by atoms with van der Waals surface area (Å²) in [5, 5.41) is 2.93. The predicted octanol–water partition coefficient (Wildman–Crippen LogP) is 6.30. The number of aromatic nitrogens is 5. The standard InChI is InChI=1S/C35H27BrF3N7O4/c1-19-16-45-29(17-44(19)33(48)21-7-9-26(36)25(13-21)35(37,38)39)31(46(34(45)49)23-8-10-30-28(14-23)43-20(2)50-30)32(47)41-15-22-5-3-4-6-24(22)27-11-12-40-18-42-27/h3-14,18-19H,15-17H2,1-2H3,(H,41,47)/t19-/m0/s1. The van der Waals surface area contributed by atoms with Gasteiger partial charge in [0.25, 0.3) is 11.8 Å². The van der Waals surface area contributed by atoms with E-state index >= 15 is 0 Å². The summed E-state index contributed by atoms with van der Waals surface area (Å²) in [6.45, 7) is 3.24. The van der Waals surface area contributed by atoms with Crippen LogP contribution in [0.4, 0.5) is 13.2 Å². The van der Waals surface area contributed by atoms with Crippen LogP contribution in [0, 0.1) is 6.92 Å². The summed E-state index contributed by atoms with van der Waals surface area (Å²) < 4.78 is 49.3. The molecular weight excluding hydrogens is 719 g/mol. The third kappa shape index (κ3) is 5.97. The lowest BCUT2D eigenvalue weighted by Crippen LogP contribution is -2.47. The number of rotatable bonds is 6. The third-order valence-corrected chi connectivity index (χ3v) is 9.28. The molecule has 0 aliphatic carbocycles. The molecule has 1 N–H and O–H groups in total. The molecule has 0 saturated heterocycles. The van der Waals surface area contributed by atoms with Crippen LogP contribution in [0.25, 0.3) is 28.0 Å². The number of hydrogen-bond acceptors (Lipinski definition) is 7. The number of carbonyl (C=O) groups is 2. The van der Waals surface area contributed by atoms with Crippen molar-refractivity contribution in [2.75, 3.05) is 0 Å². The average molecular weight is 747 g/mol. The van der Waals surface area contributed by atoms with Gasteiger partial charge in [0, 0.05) is 47.9 Å². The number of aryl methyl sites for hydroxylation is 1. The first kappa shape index (κ1) is 33.0. The molecule has 50 heavy (non-hydrogen) atoms. The van der Waals surface area contributed by atoms with Crippen molar-refractivity contribution >= 4 is 38.8 Å². The lowest BCUT2D eigenvalue weighted by Gasteiger charge is -2.34. The van der Waals surface area contributed by atoms with Gasteiger partial charge in [-0.05, 0) is 55.0 Å². The van der Waals surface area contributed by atoms with Gasteiger partial charge in [-0.1, -0.05) is 40.2 Å². The minimum atomic E-state index is -4.69. The number of nitrogens with zero attached hydrogens (tertiary/aromatic N) is 6. The Labute approximate surface area is 290 Å². The van der Waals surface area contributed by atoms with Crippen molar-refractivity contribution in [1.29, 1.82) is 0 Å². The van der Waals surface area contributed by atoms with Gasteiger partial charge in [0.15, 0.2) is 11.5 Å². The fourth-order valence-corrected chi connectivity index (χ4v) is 6.68. The summed E-state index contributed by atoms with van der Waals surface area (Å²) in [4.78, 5) is 56.2. The molecule has 0 bridgehead atoms. The molecule has 7 rings (SSSR count). The maximum absolute atomic E-state index is 14.3. The van der Waals surface area contributed by atoms with Crippen LogP contribution in [0.5, 0.6) is 0 Å². The minimum Gasteiger partial charge on any atom is -0.441 e. The predicted molar refractivity (Wildman–Crippen MR) is 179 cm³/mol. The zero-order chi connectivity index (χ0) is 35.3. The number of oxazole rings is 1. The fourth-order valence-electron chi connectivity index (χ4n) is 6.21. The highest BCUT2D eigenvalue weighted by Crippen LogP contribution is 2.36. The number of nitrogens with one attached hydrogen (secondary N) is 1. The van der Waals surface area contributed by atoms with Crippen LogP contribution >= 0.6 is 15.9 Å². The summed E-state index contributed by atoms with van der Waals surface area (Å²) in [5.74, 6) is -0.855. The van der Waals surface area contributed by atoms with Crippen molar-refractivity contribution < 1.29 is 27.2 Å². The van der Waals surface area contributed by atoms with Crippen molar-refractivity contribution in [3.8, 4) is 16.9 Å². The van der Waals surface area contributed by atoms with E-state index in [1.165, 1.54) is 32.5 Å². The second kappa shape index (κ2) is 12.7. The zero-order valence-electron chi connectivity index (χ0n) is 26.5. The number of benzene rings is 3. The molecular formula is C35H27BrF3N7O4. The number of hydrogen-bond donors (Lipinski definition) is 1. The minimum absolute atomic E-state index is 0.00228. The molecule has 6 aromatic rings. The van der Waals surface area contributed by atoms with Gasteiger partial charge in [-0.25, -0.2) is 19.7 Å². The monoisotopic (exact) mass is 745 g/mol. The summed E-state index contributed by atoms with van der Waals surface area (Å²) in [6, 6.07) is 16.7. The highest BCUT2D eigenvalue weighted by atomic mass is 79.9. The molecule has 254 valence electrons. The highest BCUT2D eigenvalue weighted by molar-refractivity contribution is 9.10. The lowest BCUT2D eigenvalue weighted by atomic mass is 10.0. The van der Waals surface area contributed by atoms with Gasteiger partial charge in [-0.3, -0.25) is 18.7 Å². The van der Waals surface area contributed by atoms with E-state index in [-0.39, 0.29) is 41.1 Å². The zero-order valence-corrected chi connectivity index (χ0v) is 28.1. The van der Waals surface area contributed by atoms with E-state index in [0.717, 1.165) is 17.2 Å². The van der Waals surface area contributed by atoms with Crippen LogP contribution < -0.4 is 11.0 Å². The topological polar surface area (TPSA) is 128 Å². The number of carbonyl (C=O) groups excluding carboxylic acids is 2. The summed E-state index contributed by atoms with van der Waals surface area (Å²) >= 11 is 2.92. The van der Waals surface area contributed by atoms with E-state index in [4.69, 9.17) is 4.42 Å². The van der Waals surface area contributed by atoms with Crippen LogP contribution in [-0.2, 0) is 25.8 Å². The normalized spacial score (nSPS) is 14.5. The molecule has 0 radical (unpaired) electrons. The smallest absolute Gasteiger partial charge is 0.417 e. The van der Waals surface area contributed by atoms with Crippen LogP contribution in [0.3, 0.4) is 0 Å². The van der Waals surface area contributed by atoms with Crippen LogP contribution in [-0.4, -0.2) is 46.8 Å². The maximum Gasteiger partial charge on any atom is 0.417 e. The Bertz CT molecular complexity index is 2350. The van der Waals surface area contributed by atoms with Gasteiger partial charge < -0.3 is 14.6 Å². The molecule has 2 amide bonds. The lowest BCUT2D eigenvalue weighted by molar-refractivity contribution is -0.138. The summed E-state index contributed by atoms with van der Waals surface area (Å²) in [7, 11) is 0. The Balaban J connectivity index is 1.30. The van der Waals surface area contributed by atoms with Gasteiger partial charge in [0.2, 0.25) is 0 Å². The van der Waals surface area contributed by atoms with E-state index in [1.54, 1.807) is 44.3 Å². The number of alkyl halides is 3. The van der Waals surface area contributed by atoms with E-state index in [9.17, 15) is 27.6 Å². The second-order valence-corrected chi connectivity index (χ2v) is 12.7. The van der Waals surface area contributed by atoms with Gasteiger partial charge in [0.1, 0.15) is 17.5 Å². The highest BCUT2D eigenvalue weighted by Gasteiger charge is 2.37. The Morgan fingerprint density at radius 1 is 1.08 bits per heavy atom. The van der Waals surface area contributed by atoms with Crippen molar-refractivity contribution in [2.24, 2.45) is 0 Å². The van der Waals surface area contributed by atoms with Crippen molar-refractivity contribution in [2.45, 2.75) is 45.7 Å². The first-order chi connectivity index (χ1) is 23.9. The summed E-state index contributed by atoms with van der Waals surface area (Å²) in [5.41, 5.74) is 2.01. The van der Waals surface area contributed by atoms with Gasteiger partial charge >= 0.3 is 11.9 Å². The van der Waals surface area contributed by atoms with Crippen molar-refractivity contribution in [3.05, 3.63) is 128 Å². The summed E-state index contributed by atoms with van der Waals surface area (Å²) in [6.07, 6.45) is -1.65. The Kier molecular flexibility index (Phi) is 8.38. The SMILES string of the molecule is Cc1nc2cc(-n3c(C(=O)NCc4ccccc4-c4ccncn4)c4n(c3=O)C[C@H](C)N(C(=O)c3ccc(Br)c(C(F)(F)F)c3)C4)ccc2o1. The molecule has 3 aromatic heterocycles. The first-order valence-corrected chi connectivity index (χ1v) is 16.2. The van der Waals surface area contributed by atoms with Gasteiger partial charge in [0.05, 0.1) is 29.2 Å². The average Bonchev–Trinajstić information content (AvgIpc) is 3.61. The number of halogens is 4. The molecule has 11 nitrogen and oxygen atoms in total. The quantitative estimate of drug-likeness (QED) is 0.212. The van der Waals surface area contributed by atoms with Crippen molar-refractivity contribution in [3.63, 3.8) is 0 Å². The number of fused-ring (bicyclic) bond motifs is 2. The van der Waals surface area contributed by atoms with Crippen LogP contribution in [0.1, 0.15) is 50.5 Å². The number of imidazole rings is 1. The van der Waals surface area contributed by atoms with Gasteiger partial charge in [-0.2, -0.15) is 13.2 Å². The molecule has 1 atom stereocenters. The van der Waals surface area contributed by atoms with E-state index in [1.807, 2.05) is 24.3 Å².